The van der Waals surface area contributed by atoms with E-state index < -0.39 is 5.41 Å². The van der Waals surface area contributed by atoms with Crippen LogP contribution < -0.4 is 4.90 Å². The number of piperidine rings is 1. The normalized spacial score (nSPS) is 14.4. The quantitative estimate of drug-likeness (QED) is 0.528. The summed E-state index contributed by atoms with van der Waals surface area (Å²) in [7, 11) is 1.41. The van der Waals surface area contributed by atoms with Crippen LogP contribution in [0.2, 0.25) is 0 Å². The number of aromatic amines is 1. The number of nitrogens with zero attached hydrogens (tertiary/aromatic N) is 2. The first-order valence-corrected chi connectivity index (χ1v) is 11.4. The Morgan fingerprint density at radius 1 is 1.16 bits per heavy atom. The molecule has 0 spiro atoms. The minimum absolute atomic E-state index is 0.370. The highest BCUT2D eigenvalue weighted by molar-refractivity contribution is 6.06. The number of benzene rings is 2. The number of carbonyl (C=O) groups is 1. The number of nitriles is 1. The maximum Gasteiger partial charge on any atom is 0.340 e. The van der Waals surface area contributed by atoms with Crippen molar-refractivity contribution in [3.63, 3.8) is 0 Å². The third kappa shape index (κ3) is 3.75. The van der Waals surface area contributed by atoms with Crippen LogP contribution in [-0.4, -0.2) is 31.2 Å². The summed E-state index contributed by atoms with van der Waals surface area (Å²) < 4.78 is 5.15. The lowest BCUT2D eigenvalue weighted by Gasteiger charge is -2.33. The van der Waals surface area contributed by atoms with Crippen molar-refractivity contribution in [2.75, 3.05) is 25.1 Å². The van der Waals surface area contributed by atoms with E-state index in [9.17, 15) is 10.1 Å². The lowest BCUT2D eigenvalue weighted by Crippen LogP contribution is -2.31. The first-order chi connectivity index (χ1) is 15.4. The highest BCUT2D eigenvalue weighted by Gasteiger charge is 2.33. The van der Waals surface area contributed by atoms with Gasteiger partial charge in [0.2, 0.25) is 0 Å². The Kier molecular flexibility index (Phi) is 5.97. The van der Waals surface area contributed by atoms with Gasteiger partial charge in [-0.3, -0.25) is 0 Å². The number of aromatic nitrogens is 1. The molecule has 0 amide bonds. The molecule has 166 valence electrons. The fraction of sp³-hybridized carbons (Fsp3) is 0.407. The van der Waals surface area contributed by atoms with E-state index in [1.54, 1.807) is 12.1 Å². The molecule has 1 saturated heterocycles. The molecule has 32 heavy (non-hydrogen) atoms. The molecule has 4 rings (SSSR count). The molecular formula is C27H31N3O2. The molecule has 3 aromatic rings. The van der Waals surface area contributed by atoms with Crippen molar-refractivity contribution in [1.29, 1.82) is 5.26 Å². The van der Waals surface area contributed by atoms with E-state index >= 15 is 0 Å². The highest BCUT2D eigenvalue weighted by atomic mass is 16.5. The van der Waals surface area contributed by atoms with Gasteiger partial charge in [0.15, 0.2) is 0 Å². The standard InChI is InChI=1S/C27H31N3O2/c1-5-19-10-11-20(16-23(19)30-13-7-6-8-14-30)27(2,3)25-24(26(31)32-4)21-12-9-18(17-28)15-22(21)29-25/h9-12,15-16,29H,5-8,13-14H2,1-4H3. The Balaban J connectivity index is 1.87. The summed E-state index contributed by atoms with van der Waals surface area (Å²) >= 11 is 0. The lowest BCUT2D eigenvalue weighted by molar-refractivity contribution is 0.0600. The van der Waals surface area contributed by atoms with E-state index in [0.717, 1.165) is 41.7 Å². The van der Waals surface area contributed by atoms with Gasteiger partial charge in [0.05, 0.1) is 24.3 Å². The van der Waals surface area contributed by atoms with Crippen LogP contribution in [0.3, 0.4) is 0 Å². The average molecular weight is 430 g/mol. The van der Waals surface area contributed by atoms with Crippen LogP contribution >= 0.6 is 0 Å². The number of H-pyrrole nitrogens is 1. The van der Waals surface area contributed by atoms with Crippen LogP contribution in [-0.2, 0) is 16.6 Å². The maximum atomic E-state index is 12.8. The second kappa shape index (κ2) is 8.70. The molecular weight excluding hydrogens is 398 g/mol. The fourth-order valence-corrected chi connectivity index (χ4v) is 4.87. The lowest BCUT2D eigenvalue weighted by atomic mass is 9.79. The number of methoxy groups -OCH3 is 1. The molecule has 1 aliphatic rings. The smallest absolute Gasteiger partial charge is 0.340 e. The molecule has 1 aromatic heterocycles. The van der Waals surface area contributed by atoms with Gasteiger partial charge in [-0.05, 0) is 55.0 Å². The van der Waals surface area contributed by atoms with Crippen LogP contribution in [0.25, 0.3) is 10.9 Å². The minimum Gasteiger partial charge on any atom is -0.465 e. The largest absolute Gasteiger partial charge is 0.465 e. The fourth-order valence-electron chi connectivity index (χ4n) is 4.87. The number of esters is 1. The zero-order chi connectivity index (χ0) is 22.9. The van der Waals surface area contributed by atoms with Gasteiger partial charge in [-0.25, -0.2) is 4.79 Å². The van der Waals surface area contributed by atoms with Crippen molar-refractivity contribution in [3.8, 4) is 6.07 Å². The van der Waals surface area contributed by atoms with E-state index in [2.05, 4.69) is 54.9 Å². The molecule has 1 aliphatic heterocycles. The number of ether oxygens (including phenoxy) is 1. The van der Waals surface area contributed by atoms with E-state index in [0.29, 0.717) is 11.1 Å². The summed E-state index contributed by atoms with van der Waals surface area (Å²) in [4.78, 5) is 18.8. The Labute approximate surface area is 190 Å². The molecule has 0 bridgehead atoms. The van der Waals surface area contributed by atoms with Crippen LogP contribution in [0.15, 0.2) is 36.4 Å². The number of hydrogen-bond acceptors (Lipinski definition) is 4. The second-order valence-electron chi connectivity index (χ2n) is 9.11. The Bertz CT molecular complexity index is 1190. The zero-order valence-corrected chi connectivity index (χ0v) is 19.4. The predicted octanol–water partition coefficient (Wildman–Crippen LogP) is 5.70. The monoisotopic (exact) mass is 429 g/mol. The maximum absolute atomic E-state index is 12.8. The molecule has 0 saturated carbocycles. The van der Waals surface area contributed by atoms with Gasteiger partial charge in [0.25, 0.3) is 0 Å². The van der Waals surface area contributed by atoms with Gasteiger partial charge in [0, 0.05) is 40.8 Å². The highest BCUT2D eigenvalue weighted by Crippen LogP contribution is 2.39. The molecule has 1 N–H and O–H groups in total. The summed E-state index contributed by atoms with van der Waals surface area (Å²) in [6.07, 6.45) is 4.74. The van der Waals surface area contributed by atoms with Crippen molar-refractivity contribution >= 4 is 22.6 Å². The molecule has 2 heterocycles. The molecule has 2 aromatic carbocycles. The van der Waals surface area contributed by atoms with Gasteiger partial charge >= 0.3 is 5.97 Å². The summed E-state index contributed by atoms with van der Waals surface area (Å²) in [6.45, 7) is 8.65. The number of aryl methyl sites for hydroxylation is 1. The van der Waals surface area contributed by atoms with Crippen LogP contribution in [0.4, 0.5) is 5.69 Å². The van der Waals surface area contributed by atoms with E-state index in [-0.39, 0.29) is 5.97 Å². The number of anilines is 1. The predicted molar refractivity (Wildman–Crippen MR) is 128 cm³/mol. The molecule has 0 radical (unpaired) electrons. The van der Waals surface area contributed by atoms with Crippen LogP contribution in [0, 0.1) is 11.3 Å². The van der Waals surface area contributed by atoms with Crippen molar-refractivity contribution in [2.45, 2.75) is 51.9 Å². The first kappa shape index (κ1) is 22.0. The Morgan fingerprint density at radius 2 is 1.91 bits per heavy atom. The third-order valence-corrected chi connectivity index (χ3v) is 6.83. The molecule has 0 unspecified atom stereocenters. The second-order valence-corrected chi connectivity index (χ2v) is 9.11. The average Bonchev–Trinajstić information content (AvgIpc) is 3.23. The van der Waals surface area contributed by atoms with Gasteiger partial charge < -0.3 is 14.6 Å². The van der Waals surface area contributed by atoms with Gasteiger partial charge in [-0.1, -0.05) is 39.0 Å². The SMILES string of the molecule is CCc1ccc(C(C)(C)c2[nH]c3cc(C#N)ccc3c2C(=O)OC)cc1N1CCCCC1. The van der Waals surface area contributed by atoms with E-state index in [4.69, 9.17) is 4.74 Å². The minimum atomic E-state index is -0.466. The van der Waals surface area contributed by atoms with Gasteiger partial charge in [-0.15, -0.1) is 0 Å². The van der Waals surface area contributed by atoms with Crippen LogP contribution in [0.5, 0.6) is 0 Å². The Morgan fingerprint density at radius 3 is 2.56 bits per heavy atom. The summed E-state index contributed by atoms with van der Waals surface area (Å²) in [5.41, 5.74) is 6.02. The first-order valence-electron chi connectivity index (χ1n) is 11.4. The number of fused-ring (bicyclic) bond motifs is 1. The van der Waals surface area contributed by atoms with Crippen molar-refractivity contribution in [3.05, 3.63) is 64.3 Å². The third-order valence-electron chi connectivity index (χ3n) is 6.83. The molecule has 5 nitrogen and oxygen atoms in total. The topological polar surface area (TPSA) is 69.1 Å². The number of rotatable bonds is 5. The van der Waals surface area contributed by atoms with Crippen LogP contribution in [0.1, 0.15) is 72.8 Å². The molecule has 1 fully saturated rings. The van der Waals surface area contributed by atoms with Gasteiger partial charge in [-0.2, -0.15) is 5.26 Å². The van der Waals surface area contributed by atoms with Gasteiger partial charge in [0.1, 0.15) is 0 Å². The summed E-state index contributed by atoms with van der Waals surface area (Å²) in [5, 5.41) is 10.1. The summed E-state index contributed by atoms with van der Waals surface area (Å²) in [6, 6.07) is 14.3. The number of nitrogens with one attached hydrogen (secondary N) is 1. The zero-order valence-electron chi connectivity index (χ0n) is 19.4. The molecule has 5 heteroatoms. The number of hydrogen-bond donors (Lipinski definition) is 1. The van der Waals surface area contributed by atoms with Crippen molar-refractivity contribution in [1.82, 2.24) is 4.98 Å². The Hall–Kier alpha value is -3.26. The van der Waals surface area contributed by atoms with Crippen molar-refractivity contribution in [2.24, 2.45) is 0 Å². The number of carbonyl (C=O) groups excluding carboxylic acids is 1. The van der Waals surface area contributed by atoms with E-state index in [1.807, 2.05) is 6.07 Å². The molecule has 0 aliphatic carbocycles. The summed E-state index contributed by atoms with van der Waals surface area (Å²) in [5.74, 6) is -0.370. The van der Waals surface area contributed by atoms with Crippen molar-refractivity contribution < 1.29 is 9.53 Å². The van der Waals surface area contributed by atoms with E-state index in [1.165, 1.54) is 37.6 Å². The molecule has 0 atom stereocenters.